The van der Waals surface area contributed by atoms with Crippen LogP contribution in [0.4, 0.5) is 0 Å². The molecule has 2 rings (SSSR count). The molecule has 0 aliphatic heterocycles. The first-order valence-electron chi connectivity index (χ1n) is 6.26. The van der Waals surface area contributed by atoms with Crippen molar-refractivity contribution in [2.24, 2.45) is 0 Å². The van der Waals surface area contributed by atoms with E-state index in [0.29, 0.717) is 12.2 Å². The van der Waals surface area contributed by atoms with E-state index < -0.39 is 0 Å². The van der Waals surface area contributed by atoms with Crippen LogP contribution < -0.4 is 0 Å². The number of aromatic amines is 1. The summed E-state index contributed by atoms with van der Waals surface area (Å²) in [6.07, 6.45) is 0. The van der Waals surface area contributed by atoms with Crippen molar-refractivity contribution in [2.75, 3.05) is 6.61 Å². The molecule has 1 N–H and O–H groups in total. The van der Waals surface area contributed by atoms with Gasteiger partial charge in [-0.1, -0.05) is 0 Å². The Hall–Kier alpha value is -1.62. The third kappa shape index (κ3) is 2.42. The van der Waals surface area contributed by atoms with Gasteiger partial charge in [-0.15, -0.1) is 11.3 Å². The summed E-state index contributed by atoms with van der Waals surface area (Å²) in [5, 5.41) is 1.02. The molecule has 0 amide bonds. The quantitative estimate of drug-likeness (QED) is 0.874. The number of nitrogens with one attached hydrogen (secondary N) is 1. The molecular weight excluding hydrogens is 260 g/mol. The highest BCUT2D eigenvalue weighted by molar-refractivity contribution is 7.11. The van der Waals surface area contributed by atoms with Crippen LogP contribution in [0.3, 0.4) is 0 Å². The van der Waals surface area contributed by atoms with Crippen LogP contribution in [0.5, 0.6) is 0 Å². The second-order valence-corrected chi connectivity index (χ2v) is 5.89. The maximum absolute atomic E-state index is 12.0. The first kappa shape index (κ1) is 13.8. The molecule has 102 valence electrons. The first-order chi connectivity index (χ1) is 8.95. The number of H-pyrrole nitrogens is 1. The molecule has 0 bridgehead atoms. The molecule has 2 aromatic heterocycles. The van der Waals surface area contributed by atoms with Crippen LogP contribution in [-0.4, -0.2) is 22.5 Å². The third-order valence-electron chi connectivity index (χ3n) is 3.06. The molecule has 0 fully saturated rings. The predicted octanol–water partition coefficient (Wildman–Crippen LogP) is 3.55. The molecule has 0 saturated carbocycles. The number of ether oxygens (including phenoxy) is 1. The van der Waals surface area contributed by atoms with Crippen LogP contribution in [0.1, 0.15) is 38.4 Å². The monoisotopic (exact) mass is 278 g/mol. The minimum absolute atomic E-state index is 0.274. The number of rotatable bonds is 3. The fourth-order valence-electron chi connectivity index (χ4n) is 2.26. The van der Waals surface area contributed by atoms with E-state index in [-0.39, 0.29) is 5.97 Å². The van der Waals surface area contributed by atoms with E-state index in [4.69, 9.17) is 4.74 Å². The Morgan fingerprint density at radius 3 is 2.53 bits per heavy atom. The number of thiazole rings is 1. The number of esters is 1. The largest absolute Gasteiger partial charge is 0.462 e. The molecule has 0 saturated heterocycles. The molecular formula is C14H18N2O2S. The second kappa shape index (κ2) is 5.17. The third-order valence-corrected chi connectivity index (χ3v) is 3.94. The van der Waals surface area contributed by atoms with Crippen molar-refractivity contribution in [2.45, 2.75) is 34.6 Å². The molecule has 19 heavy (non-hydrogen) atoms. The smallest absolute Gasteiger partial charge is 0.340 e. The minimum Gasteiger partial charge on any atom is -0.462 e. The fourth-order valence-corrected chi connectivity index (χ4v) is 3.08. The lowest BCUT2D eigenvalue weighted by molar-refractivity contribution is 0.0525. The van der Waals surface area contributed by atoms with E-state index in [0.717, 1.165) is 32.5 Å². The highest BCUT2D eigenvalue weighted by Crippen LogP contribution is 2.32. The van der Waals surface area contributed by atoms with Crippen molar-refractivity contribution in [1.82, 2.24) is 9.97 Å². The zero-order chi connectivity index (χ0) is 14.2. The zero-order valence-corrected chi connectivity index (χ0v) is 12.7. The van der Waals surface area contributed by atoms with Crippen LogP contribution in [0.2, 0.25) is 0 Å². The van der Waals surface area contributed by atoms with Gasteiger partial charge in [-0.2, -0.15) is 0 Å². The maximum Gasteiger partial charge on any atom is 0.340 e. The predicted molar refractivity (Wildman–Crippen MR) is 76.8 cm³/mol. The lowest BCUT2D eigenvalue weighted by atomic mass is 10.1. The van der Waals surface area contributed by atoms with E-state index in [1.54, 1.807) is 11.3 Å². The van der Waals surface area contributed by atoms with E-state index in [2.05, 4.69) is 9.97 Å². The summed E-state index contributed by atoms with van der Waals surface area (Å²) in [6, 6.07) is 0. The van der Waals surface area contributed by atoms with Crippen molar-refractivity contribution in [1.29, 1.82) is 0 Å². The van der Waals surface area contributed by atoms with E-state index in [1.807, 2.05) is 34.6 Å². The number of hydrogen-bond donors (Lipinski definition) is 1. The Kier molecular flexibility index (Phi) is 3.75. The molecule has 0 spiro atoms. The van der Waals surface area contributed by atoms with Crippen molar-refractivity contribution < 1.29 is 9.53 Å². The highest BCUT2D eigenvalue weighted by Gasteiger charge is 2.22. The maximum atomic E-state index is 12.0. The normalized spacial score (nSPS) is 10.8. The molecule has 2 heterocycles. The van der Waals surface area contributed by atoms with Crippen LogP contribution in [0.25, 0.3) is 11.4 Å². The van der Waals surface area contributed by atoms with Crippen molar-refractivity contribution in [3.63, 3.8) is 0 Å². The number of hydrogen-bond acceptors (Lipinski definition) is 4. The van der Waals surface area contributed by atoms with Gasteiger partial charge < -0.3 is 9.72 Å². The van der Waals surface area contributed by atoms with Crippen LogP contribution in [0, 0.1) is 27.7 Å². The van der Waals surface area contributed by atoms with Crippen LogP contribution >= 0.6 is 11.3 Å². The van der Waals surface area contributed by atoms with Gasteiger partial charge in [0.2, 0.25) is 0 Å². The molecule has 0 atom stereocenters. The summed E-state index contributed by atoms with van der Waals surface area (Å²) in [6.45, 7) is 10.0. The Morgan fingerprint density at radius 1 is 1.32 bits per heavy atom. The summed E-state index contributed by atoms with van der Waals surface area (Å²) in [4.78, 5) is 20.9. The summed E-state index contributed by atoms with van der Waals surface area (Å²) < 4.78 is 5.10. The average Bonchev–Trinajstić information content (AvgIpc) is 2.79. The van der Waals surface area contributed by atoms with Gasteiger partial charge in [-0.05, 0) is 40.2 Å². The number of nitrogens with zero attached hydrogens (tertiary/aromatic N) is 1. The zero-order valence-electron chi connectivity index (χ0n) is 11.9. The topological polar surface area (TPSA) is 55.0 Å². The summed E-state index contributed by atoms with van der Waals surface area (Å²) in [5.74, 6) is -0.274. The number of carbonyl (C=O) groups is 1. The van der Waals surface area contributed by atoms with Gasteiger partial charge in [0, 0.05) is 10.6 Å². The molecule has 0 radical (unpaired) electrons. The van der Waals surface area contributed by atoms with Gasteiger partial charge in [0.25, 0.3) is 0 Å². The second-order valence-electron chi connectivity index (χ2n) is 4.48. The van der Waals surface area contributed by atoms with Gasteiger partial charge in [0.1, 0.15) is 5.69 Å². The van der Waals surface area contributed by atoms with E-state index >= 15 is 0 Å². The Morgan fingerprint density at radius 2 is 2.00 bits per heavy atom. The molecule has 0 aliphatic carbocycles. The SMILES string of the molecule is CCOC(=O)c1c(C)[nH]c(-c2nc(C)sc2C)c1C. The highest BCUT2D eigenvalue weighted by atomic mass is 32.1. The number of carbonyl (C=O) groups excluding carboxylic acids is 1. The lowest BCUT2D eigenvalue weighted by Gasteiger charge is -2.02. The van der Waals surface area contributed by atoms with E-state index in [1.165, 1.54) is 0 Å². The average molecular weight is 278 g/mol. The van der Waals surface area contributed by atoms with Crippen molar-refractivity contribution >= 4 is 17.3 Å². The molecule has 0 aliphatic rings. The molecule has 2 aromatic rings. The first-order valence-corrected chi connectivity index (χ1v) is 7.08. The number of aryl methyl sites for hydroxylation is 3. The molecule has 4 nitrogen and oxygen atoms in total. The van der Waals surface area contributed by atoms with Gasteiger partial charge in [0.15, 0.2) is 0 Å². The van der Waals surface area contributed by atoms with Crippen molar-refractivity contribution in [3.8, 4) is 11.4 Å². The molecule has 5 heteroatoms. The van der Waals surface area contributed by atoms with Gasteiger partial charge in [0.05, 0.1) is 22.9 Å². The lowest BCUT2D eigenvalue weighted by Crippen LogP contribution is -2.06. The summed E-state index contributed by atoms with van der Waals surface area (Å²) in [7, 11) is 0. The molecule has 0 unspecified atom stereocenters. The number of aromatic nitrogens is 2. The Bertz CT molecular complexity index is 626. The van der Waals surface area contributed by atoms with Crippen LogP contribution in [0.15, 0.2) is 0 Å². The summed E-state index contributed by atoms with van der Waals surface area (Å²) in [5.41, 5.74) is 4.21. The Labute approximate surface area is 116 Å². The molecule has 0 aromatic carbocycles. The van der Waals surface area contributed by atoms with Gasteiger partial charge >= 0.3 is 5.97 Å². The van der Waals surface area contributed by atoms with Gasteiger partial charge in [-0.25, -0.2) is 9.78 Å². The van der Waals surface area contributed by atoms with Gasteiger partial charge in [-0.3, -0.25) is 0 Å². The van der Waals surface area contributed by atoms with Crippen molar-refractivity contribution in [3.05, 3.63) is 26.7 Å². The van der Waals surface area contributed by atoms with E-state index in [9.17, 15) is 4.79 Å². The summed E-state index contributed by atoms with van der Waals surface area (Å²) >= 11 is 1.66. The minimum atomic E-state index is -0.274. The Balaban J connectivity index is 2.53. The standard InChI is InChI=1S/C14H18N2O2S/c1-6-18-14(17)11-7(2)12(15-8(11)3)13-9(4)19-10(5)16-13/h15H,6H2,1-5H3. The fraction of sp³-hybridized carbons (Fsp3) is 0.429. The van der Waals surface area contributed by atoms with Crippen LogP contribution in [-0.2, 0) is 4.74 Å².